The van der Waals surface area contributed by atoms with E-state index in [0.717, 1.165) is 0 Å². The molecule has 0 aromatic carbocycles. The Balaban J connectivity index is 1.65. The van der Waals surface area contributed by atoms with Gasteiger partial charge >= 0.3 is 0 Å². The van der Waals surface area contributed by atoms with Gasteiger partial charge in [-0.25, -0.2) is 0 Å². The van der Waals surface area contributed by atoms with Crippen molar-refractivity contribution in [2.24, 2.45) is 11.8 Å². The third kappa shape index (κ3) is 6.82. The molecule has 15 heteroatoms. The highest BCUT2D eigenvalue weighted by Gasteiger charge is 2.51. The molecule has 0 aromatic heterocycles. The van der Waals surface area contributed by atoms with E-state index < -0.39 is 105 Å². The zero-order valence-electron chi connectivity index (χ0n) is 21.6. The van der Waals surface area contributed by atoms with Crippen molar-refractivity contribution in [2.75, 3.05) is 40.1 Å². The van der Waals surface area contributed by atoms with Gasteiger partial charge in [-0.05, 0) is 6.92 Å². The molecule has 0 amide bonds. The average molecular weight is 559 g/mol. The summed E-state index contributed by atoms with van der Waals surface area (Å²) in [5.74, 6) is -1.58. The highest BCUT2D eigenvalue weighted by molar-refractivity contribution is 4.94. The van der Waals surface area contributed by atoms with E-state index in [4.69, 9.17) is 33.2 Å². The number of aliphatic hydroxyl groups is 8. The third-order valence-corrected chi connectivity index (χ3v) is 7.27. The first-order valence-electron chi connectivity index (χ1n) is 12.7. The second kappa shape index (κ2) is 14.3. The van der Waals surface area contributed by atoms with Crippen LogP contribution in [-0.2, 0) is 33.2 Å². The maximum atomic E-state index is 10.8. The van der Waals surface area contributed by atoms with Crippen LogP contribution in [0.3, 0.4) is 0 Å². The lowest BCUT2D eigenvalue weighted by Gasteiger charge is -2.47. The van der Waals surface area contributed by atoms with Gasteiger partial charge in [-0.1, -0.05) is 6.92 Å². The monoisotopic (exact) mass is 558 g/mol. The average Bonchev–Trinajstić information content (AvgIpc) is 2.91. The molecule has 0 spiro atoms. The maximum absolute atomic E-state index is 10.8. The summed E-state index contributed by atoms with van der Waals surface area (Å²) in [6.07, 6.45) is -17.0. The second-order valence-corrected chi connectivity index (χ2v) is 9.81. The van der Waals surface area contributed by atoms with E-state index in [-0.39, 0.29) is 13.2 Å². The molecule has 0 aromatic rings. The molecule has 0 saturated carbocycles. The van der Waals surface area contributed by atoms with Gasteiger partial charge in [0.05, 0.1) is 44.7 Å². The molecule has 8 N–H and O–H groups in total. The lowest BCUT2D eigenvalue weighted by Crippen LogP contribution is -2.63. The van der Waals surface area contributed by atoms with Crippen LogP contribution in [0, 0.1) is 11.8 Å². The van der Waals surface area contributed by atoms with Gasteiger partial charge in [-0.2, -0.15) is 0 Å². The topological polar surface area (TPSA) is 226 Å². The van der Waals surface area contributed by atoms with Gasteiger partial charge in [0.25, 0.3) is 0 Å². The number of ether oxygens (including phenoxy) is 7. The molecule has 3 fully saturated rings. The molecule has 15 nitrogen and oxygen atoms in total. The molecule has 3 heterocycles. The predicted molar refractivity (Wildman–Crippen MR) is 123 cm³/mol. The van der Waals surface area contributed by atoms with E-state index in [9.17, 15) is 40.9 Å². The molecule has 11 unspecified atom stereocenters. The van der Waals surface area contributed by atoms with Crippen molar-refractivity contribution in [3.8, 4) is 0 Å². The van der Waals surface area contributed by atoms with E-state index in [1.165, 1.54) is 7.11 Å². The summed E-state index contributed by atoms with van der Waals surface area (Å²) in [6.45, 7) is 2.12. The molecule has 3 rings (SSSR count). The quantitative estimate of drug-likeness (QED) is 0.120. The fraction of sp³-hybridized carbons (Fsp3) is 1.00. The molecular weight excluding hydrogens is 516 g/mol. The Hall–Kier alpha value is -0.600. The smallest absolute Gasteiger partial charge is 0.187 e. The van der Waals surface area contributed by atoms with Gasteiger partial charge in [0.15, 0.2) is 18.9 Å². The Morgan fingerprint density at radius 3 is 1.84 bits per heavy atom. The standard InChI is InChI=1S/C23H42O15/c1-4-33-21-9(2)14(26)20(12(6-25)36-21)38-23-18(30)15(27)10(11(5-24)35-23)7-34-22-19(31)17(29)16(28)13(37-22)8-32-3/h9-31H,4-8H2,1-3H3/t9?,10?,11?,12?,13?,14?,15?,16?,17?,18?,19?,20-,21+,22+,23+/m1/s1. The lowest BCUT2D eigenvalue weighted by molar-refractivity contribution is -0.355. The van der Waals surface area contributed by atoms with Crippen molar-refractivity contribution < 1.29 is 74.0 Å². The molecular formula is C23H42O15. The zero-order valence-corrected chi connectivity index (χ0v) is 21.6. The van der Waals surface area contributed by atoms with Crippen LogP contribution in [-0.4, -0.2) is 161 Å². The van der Waals surface area contributed by atoms with E-state index >= 15 is 0 Å². The second-order valence-electron chi connectivity index (χ2n) is 9.81. The molecule has 3 aliphatic heterocycles. The maximum Gasteiger partial charge on any atom is 0.187 e. The highest BCUT2D eigenvalue weighted by Crippen LogP contribution is 2.34. The molecule has 38 heavy (non-hydrogen) atoms. The number of hydrogen-bond acceptors (Lipinski definition) is 15. The van der Waals surface area contributed by atoms with E-state index in [1.54, 1.807) is 13.8 Å². The Kier molecular flexibility index (Phi) is 12.0. The van der Waals surface area contributed by atoms with Crippen LogP contribution in [0.15, 0.2) is 0 Å². The van der Waals surface area contributed by atoms with Crippen molar-refractivity contribution in [3.05, 3.63) is 0 Å². The number of hydrogen-bond donors (Lipinski definition) is 8. The Morgan fingerprint density at radius 1 is 0.632 bits per heavy atom. The number of methoxy groups -OCH3 is 1. The summed E-state index contributed by atoms with van der Waals surface area (Å²) in [5.41, 5.74) is 0. The fourth-order valence-corrected chi connectivity index (χ4v) is 4.93. The SMILES string of the molecule is CCO[C@H]1OC(CO)[C@@H](O[C@@H]2OC(CO)C(CO[C@H]3OC(COC)C(O)C(O)C3O)C(O)C2O)C(O)C1C. The van der Waals surface area contributed by atoms with Crippen LogP contribution in [0.5, 0.6) is 0 Å². The van der Waals surface area contributed by atoms with Crippen molar-refractivity contribution in [1.29, 1.82) is 0 Å². The van der Waals surface area contributed by atoms with Gasteiger partial charge in [0, 0.05) is 25.6 Å². The van der Waals surface area contributed by atoms with Crippen LogP contribution in [0.4, 0.5) is 0 Å². The van der Waals surface area contributed by atoms with Crippen molar-refractivity contribution in [1.82, 2.24) is 0 Å². The largest absolute Gasteiger partial charge is 0.394 e. The first kappa shape index (κ1) is 31.9. The predicted octanol–water partition coefficient (Wildman–Crippen LogP) is -4.35. The Bertz CT molecular complexity index is 698. The minimum absolute atomic E-state index is 0.0908. The van der Waals surface area contributed by atoms with Gasteiger partial charge in [0.1, 0.15) is 42.7 Å². The third-order valence-electron chi connectivity index (χ3n) is 7.27. The molecule has 0 radical (unpaired) electrons. The Morgan fingerprint density at radius 2 is 1.24 bits per heavy atom. The molecule has 15 atom stereocenters. The van der Waals surface area contributed by atoms with Crippen molar-refractivity contribution >= 4 is 0 Å². The molecule has 0 bridgehead atoms. The zero-order chi connectivity index (χ0) is 28.1. The first-order chi connectivity index (χ1) is 18.1. The van der Waals surface area contributed by atoms with Gasteiger partial charge in [0.2, 0.25) is 0 Å². The fourth-order valence-electron chi connectivity index (χ4n) is 4.93. The molecule has 224 valence electrons. The number of rotatable bonds is 11. The summed E-state index contributed by atoms with van der Waals surface area (Å²) >= 11 is 0. The van der Waals surface area contributed by atoms with Crippen molar-refractivity contribution in [2.45, 2.75) is 93.8 Å². The Labute approximate surface area is 220 Å². The van der Waals surface area contributed by atoms with Gasteiger partial charge in [-0.3, -0.25) is 0 Å². The van der Waals surface area contributed by atoms with Crippen LogP contribution in [0.1, 0.15) is 13.8 Å². The van der Waals surface area contributed by atoms with Crippen LogP contribution in [0.25, 0.3) is 0 Å². The normalized spacial score (nSPS) is 48.2. The van der Waals surface area contributed by atoms with Gasteiger partial charge in [-0.15, -0.1) is 0 Å². The molecule has 3 saturated heterocycles. The van der Waals surface area contributed by atoms with E-state index in [1.807, 2.05) is 0 Å². The van der Waals surface area contributed by atoms with Crippen LogP contribution in [0.2, 0.25) is 0 Å². The minimum atomic E-state index is -1.66. The lowest BCUT2D eigenvalue weighted by atomic mass is 9.89. The van der Waals surface area contributed by atoms with E-state index in [2.05, 4.69) is 0 Å². The van der Waals surface area contributed by atoms with Gasteiger partial charge < -0.3 is 74.0 Å². The summed E-state index contributed by atoms with van der Waals surface area (Å²) in [6, 6.07) is 0. The molecule has 3 aliphatic rings. The molecule has 0 aliphatic carbocycles. The van der Waals surface area contributed by atoms with Crippen LogP contribution < -0.4 is 0 Å². The summed E-state index contributed by atoms with van der Waals surface area (Å²) in [5, 5.41) is 82.5. The highest BCUT2D eigenvalue weighted by atomic mass is 16.7. The van der Waals surface area contributed by atoms with Crippen molar-refractivity contribution in [3.63, 3.8) is 0 Å². The van der Waals surface area contributed by atoms with E-state index in [0.29, 0.717) is 6.61 Å². The summed E-state index contributed by atoms with van der Waals surface area (Å²) < 4.78 is 38.6. The minimum Gasteiger partial charge on any atom is -0.394 e. The summed E-state index contributed by atoms with van der Waals surface area (Å²) in [7, 11) is 1.37. The summed E-state index contributed by atoms with van der Waals surface area (Å²) in [4.78, 5) is 0. The van der Waals surface area contributed by atoms with Crippen LogP contribution >= 0.6 is 0 Å². The number of aliphatic hydroxyl groups excluding tert-OH is 8. The first-order valence-corrected chi connectivity index (χ1v) is 12.7.